The van der Waals surface area contributed by atoms with Crippen molar-refractivity contribution < 1.29 is 9.59 Å². The van der Waals surface area contributed by atoms with Gasteiger partial charge in [0.1, 0.15) is 5.57 Å². The number of nitrogens with zero attached hydrogens (tertiary/aromatic N) is 2. The number of thiocarbonyl (C=S) groups is 1. The number of halogens is 1. The molecule has 2 amide bonds. The van der Waals surface area contributed by atoms with Crippen LogP contribution in [0.15, 0.2) is 46.6 Å². The van der Waals surface area contributed by atoms with Crippen LogP contribution in [0, 0.1) is 6.92 Å². The van der Waals surface area contributed by atoms with E-state index < -0.39 is 11.8 Å². The minimum absolute atomic E-state index is 0.0510. The molecule has 0 saturated carbocycles. The molecule has 0 spiro atoms. The van der Waals surface area contributed by atoms with Gasteiger partial charge in [-0.05, 0) is 81.9 Å². The van der Waals surface area contributed by atoms with Gasteiger partial charge in [-0.1, -0.05) is 15.9 Å². The molecule has 1 aliphatic rings. The lowest BCUT2D eigenvalue weighted by Gasteiger charge is -2.30. The van der Waals surface area contributed by atoms with Gasteiger partial charge >= 0.3 is 0 Å². The topological polar surface area (TPSA) is 54.3 Å². The maximum absolute atomic E-state index is 13.2. The Bertz CT molecular complexity index is 985. The largest absolute Gasteiger partial charge is 0.343 e. The lowest BCUT2D eigenvalue weighted by atomic mass is 10.1. The van der Waals surface area contributed by atoms with Gasteiger partial charge < -0.3 is 4.57 Å². The van der Waals surface area contributed by atoms with Crippen molar-refractivity contribution in [3.8, 4) is 0 Å². The predicted molar refractivity (Wildman–Crippen MR) is 115 cm³/mol. The van der Waals surface area contributed by atoms with Crippen LogP contribution in [-0.2, 0) is 15.1 Å². The highest BCUT2D eigenvalue weighted by atomic mass is 79.9. The number of carbonyl (C=O) groups excluding carboxylic acids is 2. The van der Waals surface area contributed by atoms with Crippen LogP contribution in [-0.4, -0.2) is 21.5 Å². The number of hydrogen-bond acceptors (Lipinski definition) is 3. The third-order valence-electron chi connectivity index (χ3n) is 4.30. The van der Waals surface area contributed by atoms with E-state index >= 15 is 0 Å². The highest BCUT2D eigenvalue weighted by molar-refractivity contribution is 9.10. The van der Waals surface area contributed by atoms with Gasteiger partial charge in [0, 0.05) is 21.9 Å². The zero-order valence-corrected chi connectivity index (χ0v) is 17.9. The van der Waals surface area contributed by atoms with Gasteiger partial charge in [0.15, 0.2) is 5.11 Å². The molecule has 0 bridgehead atoms. The quantitative estimate of drug-likeness (QED) is 0.429. The van der Waals surface area contributed by atoms with Crippen molar-refractivity contribution in [2.75, 3.05) is 4.90 Å². The molecule has 3 rings (SSSR count). The Labute approximate surface area is 172 Å². The number of carbonyl (C=O) groups is 2. The standard InChI is InChI=1S/C20H20BrN3O2S/c1-12-10-13(21)7-8-16(12)24-18(26)15(17(25)22-19(24)27)11-14-6-5-9-23(14)20(2,3)4/h5-11H,1-4H3,(H,22,25,27)/b15-11-. The second kappa shape index (κ2) is 7.05. The Morgan fingerprint density at radius 2 is 1.89 bits per heavy atom. The van der Waals surface area contributed by atoms with E-state index in [9.17, 15) is 9.59 Å². The number of benzene rings is 1. The Balaban J connectivity index is 2.07. The van der Waals surface area contributed by atoms with Crippen LogP contribution in [0.2, 0.25) is 0 Å². The summed E-state index contributed by atoms with van der Waals surface area (Å²) in [6.45, 7) is 8.07. The lowest BCUT2D eigenvalue weighted by Crippen LogP contribution is -2.54. The van der Waals surface area contributed by atoms with Gasteiger partial charge in [0.25, 0.3) is 11.8 Å². The van der Waals surface area contributed by atoms with Crippen molar-refractivity contribution in [1.82, 2.24) is 9.88 Å². The number of nitrogens with one attached hydrogen (secondary N) is 1. The highest BCUT2D eigenvalue weighted by Gasteiger charge is 2.35. The molecular weight excluding hydrogens is 426 g/mol. The fourth-order valence-corrected chi connectivity index (χ4v) is 3.77. The Morgan fingerprint density at radius 3 is 2.52 bits per heavy atom. The molecule has 1 N–H and O–H groups in total. The van der Waals surface area contributed by atoms with E-state index in [1.807, 2.05) is 42.0 Å². The summed E-state index contributed by atoms with van der Waals surface area (Å²) in [4.78, 5) is 27.0. The van der Waals surface area contributed by atoms with Gasteiger partial charge in [-0.15, -0.1) is 0 Å². The summed E-state index contributed by atoms with van der Waals surface area (Å²) in [7, 11) is 0. The minimum atomic E-state index is -0.488. The molecule has 0 aliphatic carbocycles. The summed E-state index contributed by atoms with van der Waals surface area (Å²) in [6.07, 6.45) is 3.55. The molecular formula is C20H20BrN3O2S. The van der Waals surface area contributed by atoms with E-state index in [4.69, 9.17) is 12.2 Å². The molecule has 0 radical (unpaired) electrons. The van der Waals surface area contributed by atoms with Gasteiger partial charge in [-0.3, -0.25) is 19.8 Å². The zero-order chi connectivity index (χ0) is 19.9. The van der Waals surface area contributed by atoms with Crippen molar-refractivity contribution in [1.29, 1.82) is 0 Å². The molecule has 140 valence electrons. The van der Waals surface area contributed by atoms with Crippen LogP contribution in [0.1, 0.15) is 32.0 Å². The SMILES string of the molecule is Cc1cc(Br)ccc1N1C(=O)/C(=C\c2cccn2C(C)(C)C)C(=O)NC1=S. The van der Waals surface area contributed by atoms with Gasteiger partial charge in [-0.25, -0.2) is 0 Å². The molecule has 2 aromatic rings. The van der Waals surface area contributed by atoms with Crippen LogP contribution in [0.4, 0.5) is 5.69 Å². The molecule has 1 fully saturated rings. The van der Waals surface area contributed by atoms with Crippen LogP contribution in [0.5, 0.6) is 0 Å². The first-order valence-corrected chi connectivity index (χ1v) is 9.65. The van der Waals surface area contributed by atoms with Crippen molar-refractivity contribution in [3.63, 3.8) is 0 Å². The summed E-state index contributed by atoms with van der Waals surface area (Å²) >= 11 is 8.69. The summed E-state index contributed by atoms with van der Waals surface area (Å²) in [5.74, 6) is -0.923. The van der Waals surface area contributed by atoms with Crippen molar-refractivity contribution >= 4 is 56.8 Å². The average Bonchev–Trinajstić information content (AvgIpc) is 3.02. The fraction of sp³-hybridized carbons (Fsp3) is 0.250. The first-order chi connectivity index (χ1) is 12.6. The monoisotopic (exact) mass is 445 g/mol. The third kappa shape index (κ3) is 3.75. The second-order valence-corrected chi connectivity index (χ2v) is 8.66. The fourth-order valence-electron chi connectivity index (χ4n) is 3.02. The van der Waals surface area contributed by atoms with Crippen molar-refractivity contribution in [2.24, 2.45) is 0 Å². The summed E-state index contributed by atoms with van der Waals surface area (Å²) in [6, 6.07) is 9.31. The van der Waals surface area contributed by atoms with Crippen LogP contribution >= 0.6 is 28.1 Å². The Hall–Kier alpha value is -2.25. The molecule has 2 heterocycles. The normalized spacial score (nSPS) is 16.9. The molecule has 1 aliphatic heterocycles. The summed E-state index contributed by atoms with van der Waals surface area (Å²) < 4.78 is 2.92. The van der Waals surface area contributed by atoms with E-state index in [0.717, 1.165) is 15.7 Å². The summed E-state index contributed by atoms with van der Waals surface area (Å²) in [5, 5.41) is 2.71. The first-order valence-electron chi connectivity index (χ1n) is 8.45. The van der Waals surface area contributed by atoms with Crippen LogP contribution in [0.3, 0.4) is 0 Å². The predicted octanol–water partition coefficient (Wildman–Crippen LogP) is 4.15. The molecule has 27 heavy (non-hydrogen) atoms. The molecule has 1 aromatic heterocycles. The van der Waals surface area contributed by atoms with Gasteiger partial charge in [0.2, 0.25) is 0 Å². The maximum atomic E-state index is 13.2. The zero-order valence-electron chi connectivity index (χ0n) is 15.5. The number of amides is 2. The Morgan fingerprint density at radius 1 is 1.19 bits per heavy atom. The van der Waals surface area contributed by atoms with E-state index in [0.29, 0.717) is 5.69 Å². The van der Waals surface area contributed by atoms with Crippen LogP contribution in [0.25, 0.3) is 6.08 Å². The smallest absolute Gasteiger partial charge is 0.270 e. The van der Waals surface area contributed by atoms with E-state index in [2.05, 4.69) is 42.0 Å². The van der Waals surface area contributed by atoms with E-state index in [1.54, 1.807) is 12.1 Å². The number of hydrogen-bond donors (Lipinski definition) is 1. The van der Waals surface area contributed by atoms with Crippen molar-refractivity contribution in [3.05, 3.63) is 57.8 Å². The highest BCUT2D eigenvalue weighted by Crippen LogP contribution is 2.28. The molecule has 7 heteroatoms. The molecule has 0 atom stereocenters. The maximum Gasteiger partial charge on any atom is 0.270 e. The van der Waals surface area contributed by atoms with E-state index in [-0.39, 0.29) is 16.2 Å². The molecule has 1 aromatic carbocycles. The average molecular weight is 446 g/mol. The molecule has 5 nitrogen and oxygen atoms in total. The number of anilines is 1. The van der Waals surface area contributed by atoms with Crippen molar-refractivity contribution in [2.45, 2.75) is 33.2 Å². The van der Waals surface area contributed by atoms with Crippen LogP contribution < -0.4 is 10.2 Å². The first kappa shape index (κ1) is 19.5. The third-order valence-corrected chi connectivity index (χ3v) is 5.07. The lowest BCUT2D eigenvalue weighted by molar-refractivity contribution is -0.122. The molecule has 1 saturated heterocycles. The second-order valence-electron chi connectivity index (χ2n) is 7.36. The minimum Gasteiger partial charge on any atom is -0.343 e. The van der Waals surface area contributed by atoms with Gasteiger partial charge in [0.05, 0.1) is 5.69 Å². The number of aromatic nitrogens is 1. The summed E-state index contributed by atoms with van der Waals surface area (Å²) in [5.41, 5.74) is 2.16. The van der Waals surface area contributed by atoms with Gasteiger partial charge in [-0.2, -0.15) is 0 Å². The van der Waals surface area contributed by atoms with E-state index in [1.165, 1.54) is 4.90 Å². The Kier molecular flexibility index (Phi) is 5.10. The molecule has 0 unspecified atom stereocenters. The number of rotatable bonds is 2. The number of aryl methyl sites for hydroxylation is 1.